The number of halogens is 1. The zero-order valence-electron chi connectivity index (χ0n) is 12.7. The van der Waals surface area contributed by atoms with Crippen molar-refractivity contribution in [3.8, 4) is 0 Å². The standard InChI is InChI=1S/C18H14ClN3OS/c19-14-5-1-2-6-15(14)22-8-9-24-17(22)10-16(23)13-11-21-18-12(13)4-3-7-20-18/h1-7,10-11H,8-9H2,(H,20,21)/b17-10-. The van der Waals surface area contributed by atoms with Crippen molar-refractivity contribution in [2.45, 2.75) is 0 Å². The molecule has 1 saturated heterocycles. The summed E-state index contributed by atoms with van der Waals surface area (Å²) in [5.41, 5.74) is 2.29. The molecule has 1 N–H and O–H groups in total. The van der Waals surface area contributed by atoms with Crippen molar-refractivity contribution >= 4 is 45.9 Å². The topological polar surface area (TPSA) is 49.0 Å². The molecule has 4 rings (SSSR count). The summed E-state index contributed by atoms with van der Waals surface area (Å²) in [6.07, 6.45) is 5.12. The zero-order valence-corrected chi connectivity index (χ0v) is 14.3. The first-order valence-electron chi connectivity index (χ1n) is 7.57. The van der Waals surface area contributed by atoms with Gasteiger partial charge in [0, 0.05) is 41.7 Å². The number of nitrogens with zero attached hydrogens (tertiary/aromatic N) is 2. The Morgan fingerprint density at radius 3 is 3.04 bits per heavy atom. The maximum absolute atomic E-state index is 12.7. The van der Waals surface area contributed by atoms with E-state index >= 15 is 0 Å². The number of nitrogens with one attached hydrogen (secondary N) is 1. The molecule has 4 nitrogen and oxygen atoms in total. The molecule has 1 aliphatic rings. The highest BCUT2D eigenvalue weighted by Crippen LogP contribution is 2.37. The van der Waals surface area contributed by atoms with Crippen molar-refractivity contribution in [1.29, 1.82) is 0 Å². The number of para-hydroxylation sites is 1. The summed E-state index contributed by atoms with van der Waals surface area (Å²) in [6.45, 7) is 0.836. The van der Waals surface area contributed by atoms with Gasteiger partial charge in [-0.05, 0) is 24.3 Å². The van der Waals surface area contributed by atoms with E-state index in [-0.39, 0.29) is 5.78 Å². The number of aromatic amines is 1. The van der Waals surface area contributed by atoms with E-state index in [0.717, 1.165) is 34.0 Å². The first kappa shape index (κ1) is 15.3. The van der Waals surface area contributed by atoms with E-state index in [1.54, 1.807) is 30.2 Å². The number of carbonyl (C=O) groups excluding carboxylic acids is 1. The largest absolute Gasteiger partial charge is 0.345 e. The number of anilines is 1. The van der Waals surface area contributed by atoms with Crippen LogP contribution in [-0.4, -0.2) is 28.0 Å². The number of allylic oxidation sites excluding steroid dienone is 1. The summed E-state index contributed by atoms with van der Waals surface area (Å²) in [7, 11) is 0. The third kappa shape index (κ3) is 2.70. The molecule has 0 radical (unpaired) electrons. The molecule has 3 aromatic rings. The van der Waals surface area contributed by atoms with Gasteiger partial charge in [0.1, 0.15) is 5.65 Å². The van der Waals surface area contributed by atoms with Crippen molar-refractivity contribution in [3.05, 3.63) is 70.5 Å². The second-order valence-corrected chi connectivity index (χ2v) is 6.92. The number of hydrogen-bond acceptors (Lipinski definition) is 4. The van der Waals surface area contributed by atoms with Gasteiger partial charge in [-0.15, -0.1) is 11.8 Å². The number of thioether (sulfide) groups is 1. The Balaban J connectivity index is 1.69. The van der Waals surface area contributed by atoms with Crippen molar-refractivity contribution in [2.75, 3.05) is 17.2 Å². The molecule has 1 aromatic carbocycles. The molecule has 120 valence electrons. The second-order valence-electron chi connectivity index (χ2n) is 5.40. The third-order valence-corrected chi connectivity index (χ3v) is 5.29. The molecule has 0 aliphatic carbocycles. The van der Waals surface area contributed by atoms with Crippen LogP contribution in [0.2, 0.25) is 5.02 Å². The molecule has 3 heterocycles. The SMILES string of the molecule is O=C(/C=C1\SCCN1c1ccccc1Cl)c1c[nH]c2ncccc12. The van der Waals surface area contributed by atoms with Gasteiger partial charge in [0.15, 0.2) is 5.78 Å². The average molecular weight is 356 g/mol. The number of carbonyl (C=O) groups is 1. The van der Waals surface area contributed by atoms with Gasteiger partial charge in [-0.1, -0.05) is 23.7 Å². The molecule has 0 atom stereocenters. The minimum Gasteiger partial charge on any atom is -0.345 e. The Bertz CT molecular complexity index is 950. The number of H-pyrrole nitrogens is 1. The molecule has 0 unspecified atom stereocenters. The van der Waals surface area contributed by atoms with Gasteiger partial charge >= 0.3 is 0 Å². The van der Waals surface area contributed by atoms with Crippen molar-refractivity contribution < 1.29 is 4.79 Å². The fourth-order valence-corrected chi connectivity index (χ4v) is 4.07. The van der Waals surface area contributed by atoms with Gasteiger partial charge in [0.05, 0.1) is 15.7 Å². The van der Waals surface area contributed by atoms with Crippen LogP contribution in [0, 0.1) is 0 Å². The Morgan fingerprint density at radius 2 is 2.17 bits per heavy atom. The molecule has 0 saturated carbocycles. The number of rotatable bonds is 3. The van der Waals surface area contributed by atoms with Crippen LogP contribution in [0.4, 0.5) is 5.69 Å². The minimum atomic E-state index is -0.0318. The summed E-state index contributed by atoms with van der Waals surface area (Å²) in [5.74, 6) is 0.899. The van der Waals surface area contributed by atoms with Crippen molar-refractivity contribution in [2.24, 2.45) is 0 Å². The first-order chi connectivity index (χ1) is 11.7. The summed E-state index contributed by atoms with van der Waals surface area (Å²) in [6, 6.07) is 11.4. The van der Waals surface area contributed by atoms with Gasteiger partial charge < -0.3 is 9.88 Å². The fourth-order valence-electron chi connectivity index (χ4n) is 2.81. The Morgan fingerprint density at radius 1 is 1.29 bits per heavy atom. The lowest BCUT2D eigenvalue weighted by Gasteiger charge is -2.20. The van der Waals surface area contributed by atoms with E-state index in [4.69, 9.17) is 11.6 Å². The normalized spacial score (nSPS) is 16.2. The van der Waals surface area contributed by atoms with Crippen LogP contribution < -0.4 is 4.90 Å². The van der Waals surface area contributed by atoms with Crippen LogP contribution in [0.15, 0.2) is 59.9 Å². The van der Waals surface area contributed by atoms with Gasteiger partial charge in [-0.25, -0.2) is 4.98 Å². The van der Waals surface area contributed by atoms with E-state index < -0.39 is 0 Å². The number of fused-ring (bicyclic) bond motifs is 1. The van der Waals surface area contributed by atoms with E-state index in [0.29, 0.717) is 10.6 Å². The molecule has 0 spiro atoms. The smallest absolute Gasteiger partial charge is 0.190 e. The molecular weight excluding hydrogens is 342 g/mol. The number of hydrogen-bond donors (Lipinski definition) is 1. The maximum atomic E-state index is 12.7. The number of ketones is 1. The zero-order chi connectivity index (χ0) is 16.5. The predicted octanol–water partition coefficient (Wildman–Crippen LogP) is 4.49. The summed E-state index contributed by atoms with van der Waals surface area (Å²) < 4.78 is 0. The molecular formula is C18H14ClN3OS. The number of pyridine rings is 1. The second kappa shape index (κ2) is 6.34. The molecule has 2 aromatic heterocycles. The fraction of sp³-hybridized carbons (Fsp3) is 0.111. The van der Waals surface area contributed by atoms with Gasteiger partial charge in [-0.2, -0.15) is 0 Å². The molecule has 0 bridgehead atoms. The number of benzene rings is 1. The first-order valence-corrected chi connectivity index (χ1v) is 8.93. The predicted molar refractivity (Wildman–Crippen MR) is 99.8 cm³/mol. The Hall–Kier alpha value is -2.24. The summed E-state index contributed by atoms with van der Waals surface area (Å²) >= 11 is 7.97. The quantitative estimate of drug-likeness (QED) is 0.555. The van der Waals surface area contributed by atoms with Crippen LogP contribution in [0.25, 0.3) is 11.0 Å². The lowest BCUT2D eigenvalue weighted by molar-refractivity contribution is 0.104. The third-order valence-electron chi connectivity index (χ3n) is 3.95. The van der Waals surface area contributed by atoms with Crippen LogP contribution in [0.3, 0.4) is 0 Å². The van der Waals surface area contributed by atoms with Crippen LogP contribution in [0.1, 0.15) is 10.4 Å². The molecule has 24 heavy (non-hydrogen) atoms. The summed E-state index contributed by atoms with van der Waals surface area (Å²) in [5, 5.41) is 2.45. The average Bonchev–Trinajstić information content (AvgIpc) is 3.22. The van der Waals surface area contributed by atoms with E-state index in [9.17, 15) is 4.79 Å². The molecule has 6 heteroatoms. The van der Waals surface area contributed by atoms with Crippen LogP contribution in [0.5, 0.6) is 0 Å². The van der Waals surface area contributed by atoms with Gasteiger partial charge in [0.25, 0.3) is 0 Å². The van der Waals surface area contributed by atoms with E-state index in [1.807, 2.05) is 36.4 Å². The summed E-state index contributed by atoms with van der Waals surface area (Å²) in [4.78, 5) is 22.1. The lowest BCUT2D eigenvalue weighted by Crippen LogP contribution is -2.17. The van der Waals surface area contributed by atoms with Crippen LogP contribution in [-0.2, 0) is 0 Å². The highest BCUT2D eigenvalue weighted by molar-refractivity contribution is 8.03. The molecule has 0 amide bonds. The lowest BCUT2D eigenvalue weighted by atomic mass is 10.1. The van der Waals surface area contributed by atoms with Crippen LogP contribution >= 0.6 is 23.4 Å². The highest BCUT2D eigenvalue weighted by atomic mass is 35.5. The van der Waals surface area contributed by atoms with E-state index in [2.05, 4.69) is 14.9 Å². The van der Waals surface area contributed by atoms with Crippen molar-refractivity contribution in [3.63, 3.8) is 0 Å². The molecule has 1 fully saturated rings. The number of aromatic nitrogens is 2. The Kier molecular flexibility index (Phi) is 4.04. The minimum absolute atomic E-state index is 0.0318. The monoisotopic (exact) mass is 355 g/mol. The van der Waals surface area contributed by atoms with Gasteiger partial charge in [0.2, 0.25) is 0 Å². The highest BCUT2D eigenvalue weighted by Gasteiger charge is 2.23. The maximum Gasteiger partial charge on any atom is 0.190 e. The molecule has 1 aliphatic heterocycles. The van der Waals surface area contributed by atoms with E-state index in [1.165, 1.54) is 0 Å². The van der Waals surface area contributed by atoms with Crippen molar-refractivity contribution in [1.82, 2.24) is 9.97 Å². The Labute approximate surface area is 148 Å². The van der Waals surface area contributed by atoms with Gasteiger partial charge in [-0.3, -0.25) is 4.79 Å².